The minimum Gasteiger partial charge on any atom is -0.481 e. The highest BCUT2D eigenvalue weighted by Crippen LogP contribution is 2.19. The molecule has 0 aliphatic heterocycles. The van der Waals surface area contributed by atoms with Gasteiger partial charge in [-0.25, -0.2) is 0 Å². The van der Waals surface area contributed by atoms with Gasteiger partial charge in [0.2, 0.25) is 0 Å². The predicted octanol–water partition coefficient (Wildman–Crippen LogP) is 3.10. The lowest BCUT2D eigenvalue weighted by atomic mass is 9.89. The summed E-state index contributed by atoms with van der Waals surface area (Å²) in [6.07, 6.45) is 2.77. The second kappa shape index (κ2) is 7.29. The number of rotatable bonds is 8. The van der Waals surface area contributed by atoms with Crippen molar-refractivity contribution in [2.24, 2.45) is 5.41 Å². The fourth-order valence-electron chi connectivity index (χ4n) is 1.87. The van der Waals surface area contributed by atoms with Crippen LogP contribution in [0.1, 0.15) is 39.2 Å². The van der Waals surface area contributed by atoms with Crippen LogP contribution in [0.25, 0.3) is 0 Å². The van der Waals surface area contributed by atoms with Gasteiger partial charge < -0.3 is 10.4 Å². The molecule has 0 bridgehead atoms. The van der Waals surface area contributed by atoms with Gasteiger partial charge in [-0.2, -0.15) is 0 Å². The maximum Gasteiger partial charge on any atom is 0.309 e. The molecular formula is C16H25NO2. The van der Waals surface area contributed by atoms with E-state index < -0.39 is 11.4 Å². The van der Waals surface area contributed by atoms with E-state index in [2.05, 4.69) is 36.5 Å². The van der Waals surface area contributed by atoms with E-state index in [1.807, 2.05) is 6.07 Å². The molecule has 0 aliphatic carbocycles. The molecule has 1 atom stereocenters. The average Bonchev–Trinajstić information content (AvgIpc) is 2.37. The second-order valence-corrected chi connectivity index (χ2v) is 5.82. The predicted molar refractivity (Wildman–Crippen MR) is 78.3 cm³/mol. The lowest BCUT2D eigenvalue weighted by Gasteiger charge is -2.21. The largest absolute Gasteiger partial charge is 0.481 e. The van der Waals surface area contributed by atoms with Crippen molar-refractivity contribution in [3.05, 3.63) is 35.9 Å². The van der Waals surface area contributed by atoms with E-state index in [4.69, 9.17) is 5.11 Å². The van der Waals surface area contributed by atoms with Crippen LogP contribution in [0.5, 0.6) is 0 Å². The van der Waals surface area contributed by atoms with Gasteiger partial charge in [-0.15, -0.1) is 0 Å². The Labute approximate surface area is 116 Å². The molecule has 1 rings (SSSR count). The summed E-state index contributed by atoms with van der Waals surface area (Å²) in [4.78, 5) is 11.0. The van der Waals surface area contributed by atoms with Gasteiger partial charge in [0, 0.05) is 6.04 Å². The first-order valence-electron chi connectivity index (χ1n) is 6.92. The Bertz CT molecular complexity index is 387. The smallest absolute Gasteiger partial charge is 0.309 e. The lowest BCUT2D eigenvalue weighted by molar-refractivity contribution is -0.147. The number of nitrogens with one attached hydrogen (secondary N) is 1. The van der Waals surface area contributed by atoms with Crippen molar-refractivity contribution in [3.8, 4) is 0 Å². The number of carboxylic acids is 1. The van der Waals surface area contributed by atoms with Gasteiger partial charge >= 0.3 is 5.97 Å². The number of carboxylic acid groups (broad SMARTS) is 1. The van der Waals surface area contributed by atoms with Gasteiger partial charge in [-0.05, 0) is 52.1 Å². The van der Waals surface area contributed by atoms with Crippen LogP contribution in [0.15, 0.2) is 30.3 Å². The fraction of sp³-hybridized carbons (Fsp3) is 0.562. The Morgan fingerprint density at radius 1 is 1.32 bits per heavy atom. The monoisotopic (exact) mass is 263 g/mol. The Hall–Kier alpha value is -1.35. The summed E-state index contributed by atoms with van der Waals surface area (Å²) in [6, 6.07) is 10.8. The summed E-state index contributed by atoms with van der Waals surface area (Å²) >= 11 is 0. The normalized spacial score (nSPS) is 13.2. The second-order valence-electron chi connectivity index (χ2n) is 5.82. The molecule has 0 radical (unpaired) electrons. The molecule has 1 aromatic carbocycles. The summed E-state index contributed by atoms with van der Waals surface area (Å²) in [5, 5.41) is 12.4. The summed E-state index contributed by atoms with van der Waals surface area (Å²) in [7, 11) is 0. The number of carbonyl (C=O) groups is 1. The molecule has 0 saturated carbocycles. The molecule has 0 aromatic heterocycles. The lowest BCUT2D eigenvalue weighted by Crippen LogP contribution is -2.33. The first-order valence-corrected chi connectivity index (χ1v) is 6.92. The summed E-state index contributed by atoms with van der Waals surface area (Å²) in [6.45, 7) is 6.43. The molecule has 0 amide bonds. The van der Waals surface area contributed by atoms with Crippen LogP contribution >= 0.6 is 0 Å². The quantitative estimate of drug-likeness (QED) is 0.757. The van der Waals surface area contributed by atoms with Crippen LogP contribution in [0, 0.1) is 5.41 Å². The van der Waals surface area contributed by atoms with Crippen LogP contribution in [-0.2, 0) is 11.2 Å². The molecule has 106 valence electrons. The Balaban J connectivity index is 2.22. The summed E-state index contributed by atoms with van der Waals surface area (Å²) < 4.78 is 0. The maximum absolute atomic E-state index is 11.0. The van der Waals surface area contributed by atoms with Gasteiger partial charge in [-0.3, -0.25) is 4.79 Å². The van der Waals surface area contributed by atoms with E-state index in [1.165, 1.54) is 5.56 Å². The molecule has 3 nitrogen and oxygen atoms in total. The zero-order chi connectivity index (χ0) is 14.3. The van der Waals surface area contributed by atoms with Gasteiger partial charge in [-0.1, -0.05) is 30.3 Å². The molecule has 2 N–H and O–H groups in total. The van der Waals surface area contributed by atoms with E-state index >= 15 is 0 Å². The van der Waals surface area contributed by atoms with Crippen molar-refractivity contribution >= 4 is 5.97 Å². The summed E-state index contributed by atoms with van der Waals surface area (Å²) in [5.74, 6) is -0.730. The minimum atomic E-state index is -0.730. The van der Waals surface area contributed by atoms with Crippen LogP contribution in [0.3, 0.4) is 0 Å². The average molecular weight is 263 g/mol. The number of benzene rings is 1. The molecular weight excluding hydrogens is 238 g/mol. The van der Waals surface area contributed by atoms with Gasteiger partial charge in [0.05, 0.1) is 5.41 Å². The van der Waals surface area contributed by atoms with Crippen molar-refractivity contribution in [2.45, 2.75) is 46.1 Å². The number of hydrogen-bond donors (Lipinski definition) is 2. The first-order chi connectivity index (χ1) is 8.92. The molecule has 1 unspecified atom stereocenters. The zero-order valence-corrected chi connectivity index (χ0v) is 12.1. The molecule has 1 aromatic rings. The highest BCUT2D eigenvalue weighted by Gasteiger charge is 2.26. The molecule has 0 spiro atoms. The number of hydrogen-bond acceptors (Lipinski definition) is 2. The topological polar surface area (TPSA) is 49.3 Å². The van der Waals surface area contributed by atoms with Gasteiger partial charge in [0.1, 0.15) is 0 Å². The number of aliphatic carboxylic acids is 1. The summed E-state index contributed by atoms with van der Waals surface area (Å²) in [5.41, 5.74) is 0.702. The fourth-order valence-corrected chi connectivity index (χ4v) is 1.87. The van der Waals surface area contributed by atoms with Crippen LogP contribution in [-0.4, -0.2) is 23.7 Å². The Kier molecular flexibility index (Phi) is 6.03. The molecule has 19 heavy (non-hydrogen) atoms. The highest BCUT2D eigenvalue weighted by molar-refractivity contribution is 5.73. The van der Waals surface area contributed by atoms with Crippen LogP contribution in [0.2, 0.25) is 0 Å². The van der Waals surface area contributed by atoms with E-state index in [0.717, 1.165) is 19.4 Å². The van der Waals surface area contributed by atoms with Crippen molar-refractivity contribution in [1.82, 2.24) is 5.32 Å². The highest BCUT2D eigenvalue weighted by atomic mass is 16.4. The molecule has 0 heterocycles. The van der Waals surface area contributed by atoms with E-state index in [9.17, 15) is 4.79 Å². The minimum absolute atomic E-state index is 0.407. The molecule has 0 fully saturated rings. The SMILES string of the molecule is CC(CCc1ccccc1)NCCC(C)(C)C(=O)O. The number of aryl methyl sites for hydroxylation is 1. The van der Waals surface area contributed by atoms with E-state index in [0.29, 0.717) is 12.5 Å². The van der Waals surface area contributed by atoms with E-state index in [-0.39, 0.29) is 0 Å². The molecule has 3 heteroatoms. The third kappa shape index (κ3) is 5.88. The van der Waals surface area contributed by atoms with E-state index in [1.54, 1.807) is 13.8 Å². The third-order valence-corrected chi connectivity index (χ3v) is 3.53. The molecule has 0 saturated heterocycles. The van der Waals surface area contributed by atoms with Crippen LogP contribution < -0.4 is 5.32 Å². The Morgan fingerprint density at radius 2 is 1.95 bits per heavy atom. The standard InChI is InChI=1S/C16H25NO2/c1-13(9-10-14-7-5-4-6-8-14)17-12-11-16(2,3)15(18)19/h4-8,13,17H,9-12H2,1-3H3,(H,18,19). The zero-order valence-electron chi connectivity index (χ0n) is 12.1. The maximum atomic E-state index is 11.0. The van der Waals surface area contributed by atoms with Crippen molar-refractivity contribution in [3.63, 3.8) is 0 Å². The van der Waals surface area contributed by atoms with Crippen LogP contribution in [0.4, 0.5) is 0 Å². The Morgan fingerprint density at radius 3 is 2.53 bits per heavy atom. The van der Waals surface area contributed by atoms with Crippen molar-refractivity contribution in [2.75, 3.05) is 6.54 Å². The van der Waals surface area contributed by atoms with Gasteiger partial charge in [0.15, 0.2) is 0 Å². The van der Waals surface area contributed by atoms with Gasteiger partial charge in [0.25, 0.3) is 0 Å². The van der Waals surface area contributed by atoms with Crippen molar-refractivity contribution < 1.29 is 9.90 Å². The first kappa shape index (κ1) is 15.7. The van der Waals surface area contributed by atoms with Crippen molar-refractivity contribution in [1.29, 1.82) is 0 Å². The molecule has 0 aliphatic rings. The third-order valence-electron chi connectivity index (χ3n) is 3.53.